The van der Waals surface area contributed by atoms with Gasteiger partial charge >= 0.3 is 0 Å². The van der Waals surface area contributed by atoms with Crippen LogP contribution in [0.15, 0.2) is 0 Å². The van der Waals surface area contributed by atoms with Gasteiger partial charge in [0, 0.05) is 25.0 Å². The highest BCUT2D eigenvalue weighted by Gasteiger charge is 2.23. The highest BCUT2D eigenvalue weighted by Crippen LogP contribution is 2.26. The molecule has 3 nitrogen and oxygen atoms in total. The van der Waals surface area contributed by atoms with E-state index in [1.807, 2.05) is 0 Å². The van der Waals surface area contributed by atoms with Crippen molar-refractivity contribution in [3.05, 3.63) is 0 Å². The van der Waals surface area contributed by atoms with Crippen molar-refractivity contribution in [3.8, 4) is 0 Å². The van der Waals surface area contributed by atoms with E-state index < -0.39 is 0 Å². The largest absolute Gasteiger partial charge is 0.353 e. The lowest BCUT2D eigenvalue weighted by Crippen LogP contribution is -2.39. The molecule has 98 valence electrons. The summed E-state index contributed by atoms with van der Waals surface area (Å²) in [7, 11) is 0. The fraction of sp³-hybridized carbons (Fsp3) is 0.929. The van der Waals surface area contributed by atoms with Crippen LogP contribution in [-0.2, 0) is 4.79 Å². The molecule has 2 saturated carbocycles. The highest BCUT2D eigenvalue weighted by atomic mass is 16.1. The van der Waals surface area contributed by atoms with Crippen LogP contribution < -0.4 is 10.6 Å². The number of rotatable bonds is 6. The van der Waals surface area contributed by atoms with E-state index in [1.165, 1.54) is 44.9 Å². The molecule has 0 aliphatic heterocycles. The summed E-state index contributed by atoms with van der Waals surface area (Å²) >= 11 is 0. The number of nitrogens with one attached hydrogen (secondary N) is 2. The molecule has 2 atom stereocenters. The van der Waals surface area contributed by atoms with Crippen molar-refractivity contribution >= 4 is 5.91 Å². The van der Waals surface area contributed by atoms with Crippen LogP contribution >= 0.6 is 0 Å². The van der Waals surface area contributed by atoms with Gasteiger partial charge in [0.2, 0.25) is 5.91 Å². The van der Waals surface area contributed by atoms with Crippen LogP contribution in [0.2, 0.25) is 0 Å². The van der Waals surface area contributed by atoms with Crippen molar-refractivity contribution < 1.29 is 4.79 Å². The van der Waals surface area contributed by atoms with Crippen LogP contribution in [0.5, 0.6) is 0 Å². The van der Waals surface area contributed by atoms with E-state index in [-0.39, 0.29) is 5.91 Å². The second kappa shape index (κ2) is 6.39. The minimum absolute atomic E-state index is 0.236. The molecule has 2 fully saturated rings. The Hall–Kier alpha value is -0.570. The second-order valence-corrected chi connectivity index (χ2v) is 5.68. The molecular formula is C14H26N2O. The molecule has 0 bridgehead atoms. The fourth-order valence-electron chi connectivity index (χ4n) is 2.77. The number of carbonyl (C=O) groups is 1. The topological polar surface area (TPSA) is 41.1 Å². The van der Waals surface area contributed by atoms with Crippen molar-refractivity contribution in [2.75, 3.05) is 6.54 Å². The molecule has 0 aromatic rings. The summed E-state index contributed by atoms with van der Waals surface area (Å²) in [5.74, 6) is 1.07. The van der Waals surface area contributed by atoms with Gasteiger partial charge in [-0.25, -0.2) is 0 Å². The number of hydrogen-bond acceptors (Lipinski definition) is 2. The van der Waals surface area contributed by atoms with E-state index in [9.17, 15) is 4.79 Å². The average molecular weight is 238 g/mol. The molecule has 2 unspecified atom stereocenters. The van der Waals surface area contributed by atoms with Gasteiger partial charge in [-0.1, -0.05) is 26.2 Å². The summed E-state index contributed by atoms with van der Waals surface area (Å²) in [6.07, 6.45) is 9.50. The molecule has 0 aromatic heterocycles. The van der Waals surface area contributed by atoms with E-state index in [2.05, 4.69) is 17.6 Å². The standard InChI is InChI=1S/C14H26N2O/c1-2-11-4-3-5-13(10-11)16-14(17)8-9-15-12-6-7-12/h11-13,15H,2-10H2,1H3,(H,16,17). The van der Waals surface area contributed by atoms with Gasteiger partial charge in [0.1, 0.15) is 0 Å². The zero-order chi connectivity index (χ0) is 12.1. The SMILES string of the molecule is CCC1CCCC(NC(=O)CCNC2CC2)C1. The summed E-state index contributed by atoms with van der Waals surface area (Å²) in [5.41, 5.74) is 0. The number of carbonyl (C=O) groups excluding carboxylic acids is 1. The predicted octanol–water partition coefficient (Wildman–Crippen LogP) is 2.21. The lowest BCUT2D eigenvalue weighted by molar-refractivity contribution is -0.122. The van der Waals surface area contributed by atoms with Gasteiger partial charge in [0.15, 0.2) is 0 Å². The van der Waals surface area contributed by atoms with Crippen LogP contribution in [-0.4, -0.2) is 24.5 Å². The molecule has 2 rings (SSSR count). The molecule has 2 aliphatic carbocycles. The van der Waals surface area contributed by atoms with Gasteiger partial charge in [-0.15, -0.1) is 0 Å². The van der Waals surface area contributed by atoms with Gasteiger partial charge in [-0.05, 0) is 31.6 Å². The summed E-state index contributed by atoms with van der Waals surface area (Å²) in [4.78, 5) is 11.8. The first kappa shape index (κ1) is 12.9. The van der Waals surface area contributed by atoms with Crippen molar-refractivity contribution in [1.82, 2.24) is 10.6 Å². The Morgan fingerprint density at radius 2 is 2.00 bits per heavy atom. The van der Waals surface area contributed by atoms with Crippen LogP contribution in [0.1, 0.15) is 58.3 Å². The van der Waals surface area contributed by atoms with Crippen molar-refractivity contribution in [2.24, 2.45) is 5.92 Å². The molecule has 3 heteroatoms. The Balaban J connectivity index is 1.59. The minimum atomic E-state index is 0.236. The third kappa shape index (κ3) is 4.66. The molecule has 0 aromatic carbocycles. The lowest BCUT2D eigenvalue weighted by Gasteiger charge is -2.29. The molecule has 0 saturated heterocycles. The summed E-state index contributed by atoms with van der Waals surface area (Å²) < 4.78 is 0. The Bertz CT molecular complexity index is 251. The zero-order valence-electron chi connectivity index (χ0n) is 11.0. The van der Waals surface area contributed by atoms with Gasteiger partial charge in [0.05, 0.1) is 0 Å². The molecule has 0 radical (unpaired) electrons. The smallest absolute Gasteiger partial charge is 0.221 e. The van der Waals surface area contributed by atoms with Crippen molar-refractivity contribution in [2.45, 2.75) is 70.4 Å². The molecule has 0 heterocycles. The molecule has 2 aliphatic rings. The maximum atomic E-state index is 11.8. The fourth-order valence-corrected chi connectivity index (χ4v) is 2.77. The van der Waals surface area contributed by atoms with Gasteiger partial charge in [0.25, 0.3) is 0 Å². The third-order valence-electron chi connectivity index (χ3n) is 4.09. The normalized spacial score (nSPS) is 29.0. The Morgan fingerprint density at radius 1 is 1.18 bits per heavy atom. The molecule has 0 spiro atoms. The van der Waals surface area contributed by atoms with Crippen molar-refractivity contribution in [3.63, 3.8) is 0 Å². The zero-order valence-corrected chi connectivity index (χ0v) is 11.0. The molecular weight excluding hydrogens is 212 g/mol. The monoisotopic (exact) mass is 238 g/mol. The Kier molecular flexibility index (Phi) is 4.84. The first-order chi connectivity index (χ1) is 8.28. The van der Waals surface area contributed by atoms with Crippen LogP contribution in [0.25, 0.3) is 0 Å². The highest BCUT2D eigenvalue weighted by molar-refractivity contribution is 5.76. The third-order valence-corrected chi connectivity index (χ3v) is 4.09. The minimum Gasteiger partial charge on any atom is -0.353 e. The maximum absolute atomic E-state index is 11.8. The number of amides is 1. The van der Waals surface area contributed by atoms with Gasteiger partial charge in [-0.2, -0.15) is 0 Å². The Morgan fingerprint density at radius 3 is 2.71 bits per heavy atom. The van der Waals surface area contributed by atoms with Gasteiger partial charge in [-0.3, -0.25) is 4.79 Å². The van der Waals surface area contributed by atoms with Crippen molar-refractivity contribution in [1.29, 1.82) is 0 Å². The quantitative estimate of drug-likeness (QED) is 0.745. The summed E-state index contributed by atoms with van der Waals surface area (Å²) in [6.45, 7) is 3.11. The van der Waals surface area contributed by atoms with Crippen LogP contribution in [0.4, 0.5) is 0 Å². The maximum Gasteiger partial charge on any atom is 0.221 e. The number of hydrogen-bond donors (Lipinski definition) is 2. The first-order valence-corrected chi connectivity index (χ1v) is 7.30. The van der Waals surface area contributed by atoms with E-state index in [0.29, 0.717) is 18.5 Å². The lowest BCUT2D eigenvalue weighted by atomic mass is 9.84. The summed E-state index contributed by atoms with van der Waals surface area (Å²) in [5, 5.41) is 6.58. The van der Waals surface area contributed by atoms with E-state index in [4.69, 9.17) is 0 Å². The predicted molar refractivity (Wildman–Crippen MR) is 69.8 cm³/mol. The van der Waals surface area contributed by atoms with Crippen LogP contribution in [0.3, 0.4) is 0 Å². The molecule has 17 heavy (non-hydrogen) atoms. The summed E-state index contributed by atoms with van der Waals surface area (Å²) in [6, 6.07) is 1.16. The molecule has 2 N–H and O–H groups in total. The Labute approximate surface area is 105 Å². The van der Waals surface area contributed by atoms with Crippen LogP contribution in [0, 0.1) is 5.92 Å². The average Bonchev–Trinajstić information content (AvgIpc) is 3.13. The van der Waals surface area contributed by atoms with Gasteiger partial charge < -0.3 is 10.6 Å². The molecule has 1 amide bonds. The second-order valence-electron chi connectivity index (χ2n) is 5.68. The van der Waals surface area contributed by atoms with E-state index in [1.54, 1.807) is 0 Å². The van der Waals surface area contributed by atoms with E-state index >= 15 is 0 Å². The van der Waals surface area contributed by atoms with E-state index in [0.717, 1.165) is 12.5 Å². The first-order valence-electron chi connectivity index (χ1n) is 7.30.